The molecule has 3 nitrogen and oxygen atoms in total. The Kier molecular flexibility index (Phi) is 4.50. The molecule has 2 heterocycles. The van der Waals surface area contributed by atoms with Crippen molar-refractivity contribution in [3.05, 3.63) is 25.3 Å². The van der Waals surface area contributed by atoms with Crippen molar-refractivity contribution in [2.24, 2.45) is 0 Å². The van der Waals surface area contributed by atoms with E-state index in [1.165, 1.54) is 0 Å². The molecule has 2 fully saturated rings. The molecule has 0 aliphatic carbocycles. The van der Waals surface area contributed by atoms with Crippen molar-refractivity contribution in [3.63, 3.8) is 0 Å². The first-order valence-electron chi connectivity index (χ1n) is 7.52. The van der Waals surface area contributed by atoms with Crippen molar-refractivity contribution in [1.82, 2.24) is 0 Å². The molecule has 0 amide bonds. The molecule has 2 aliphatic rings. The Balaban J connectivity index is 1.77. The van der Waals surface area contributed by atoms with Gasteiger partial charge in [0.2, 0.25) is 0 Å². The Morgan fingerprint density at radius 1 is 1.05 bits per heavy atom. The van der Waals surface area contributed by atoms with Crippen LogP contribution in [0.4, 0.5) is 0 Å². The van der Waals surface area contributed by atoms with Gasteiger partial charge in [0.15, 0.2) is 0 Å². The van der Waals surface area contributed by atoms with Gasteiger partial charge in [-0.1, -0.05) is 12.2 Å². The van der Waals surface area contributed by atoms with Gasteiger partial charge in [-0.2, -0.15) is 0 Å². The zero-order chi connectivity index (χ0) is 14.8. The third-order valence-corrected chi connectivity index (χ3v) is 4.57. The lowest BCUT2D eigenvalue weighted by Crippen LogP contribution is -2.25. The van der Waals surface area contributed by atoms with Gasteiger partial charge in [0.05, 0.1) is 23.4 Å². The quantitative estimate of drug-likeness (QED) is 0.697. The summed E-state index contributed by atoms with van der Waals surface area (Å²) in [5, 5.41) is 0. The highest BCUT2D eigenvalue weighted by molar-refractivity contribution is 5.79. The Labute approximate surface area is 122 Å². The highest BCUT2D eigenvalue weighted by atomic mass is 16.5. The number of rotatable bonds is 6. The van der Waals surface area contributed by atoms with Crippen molar-refractivity contribution < 1.29 is 14.3 Å². The van der Waals surface area contributed by atoms with Crippen molar-refractivity contribution in [2.45, 2.75) is 75.8 Å². The van der Waals surface area contributed by atoms with E-state index in [-0.39, 0.29) is 29.2 Å². The summed E-state index contributed by atoms with van der Waals surface area (Å²) in [6, 6.07) is 0. The number of ether oxygens (including phenoxy) is 2. The standard InChI is InChI=1S/C17H26O3/c1-5-16(3)9-7-14(19-16)11-13(18)12-15-8-10-17(4,6-2)20-15/h5-6,14-15H,1-2,7-12H2,3-4H3/t14-,15-,16-,17-/m0/s1. The maximum Gasteiger partial charge on any atom is 0.138 e. The molecule has 2 aliphatic heterocycles. The van der Waals surface area contributed by atoms with E-state index >= 15 is 0 Å². The van der Waals surface area contributed by atoms with Gasteiger partial charge in [-0.3, -0.25) is 4.79 Å². The van der Waals surface area contributed by atoms with Crippen LogP contribution in [0.3, 0.4) is 0 Å². The second kappa shape index (κ2) is 5.82. The fourth-order valence-corrected chi connectivity index (χ4v) is 3.07. The SMILES string of the molecule is C=C[C@@]1(C)CC[C@@H](CC(=O)C[C@@H]2CC[C@](C)(C=C)O2)O1. The number of hydrogen-bond acceptors (Lipinski definition) is 3. The van der Waals surface area contributed by atoms with Gasteiger partial charge < -0.3 is 9.47 Å². The average Bonchev–Trinajstić information content (AvgIpc) is 2.95. The van der Waals surface area contributed by atoms with E-state index in [0.29, 0.717) is 12.8 Å². The summed E-state index contributed by atoms with van der Waals surface area (Å²) in [4.78, 5) is 12.1. The molecule has 4 atom stereocenters. The lowest BCUT2D eigenvalue weighted by atomic mass is 9.99. The van der Waals surface area contributed by atoms with Crippen molar-refractivity contribution in [2.75, 3.05) is 0 Å². The summed E-state index contributed by atoms with van der Waals surface area (Å²) >= 11 is 0. The van der Waals surface area contributed by atoms with Crippen LogP contribution in [0.1, 0.15) is 52.4 Å². The Bertz CT molecular complexity index is 367. The van der Waals surface area contributed by atoms with Crippen LogP contribution in [0.15, 0.2) is 25.3 Å². The van der Waals surface area contributed by atoms with Gasteiger partial charge in [-0.25, -0.2) is 0 Å². The lowest BCUT2D eigenvalue weighted by molar-refractivity contribution is -0.125. The molecule has 0 bridgehead atoms. The van der Waals surface area contributed by atoms with E-state index in [9.17, 15) is 4.79 Å². The third-order valence-electron chi connectivity index (χ3n) is 4.57. The second-order valence-corrected chi connectivity index (χ2v) is 6.54. The molecule has 0 unspecified atom stereocenters. The molecule has 2 rings (SSSR count). The van der Waals surface area contributed by atoms with Gasteiger partial charge in [-0.15, -0.1) is 13.2 Å². The highest BCUT2D eigenvalue weighted by Gasteiger charge is 2.37. The Hall–Kier alpha value is -0.930. The number of hydrogen-bond donors (Lipinski definition) is 0. The molecule has 20 heavy (non-hydrogen) atoms. The molecule has 0 saturated carbocycles. The number of ketones is 1. The minimum absolute atomic E-state index is 0.0395. The first-order chi connectivity index (χ1) is 9.38. The van der Waals surface area contributed by atoms with Crippen LogP contribution in [-0.2, 0) is 14.3 Å². The highest BCUT2D eigenvalue weighted by Crippen LogP contribution is 2.35. The number of carbonyl (C=O) groups excluding carboxylic acids is 1. The largest absolute Gasteiger partial charge is 0.368 e. The molecule has 0 aromatic rings. The topological polar surface area (TPSA) is 35.5 Å². The summed E-state index contributed by atoms with van der Waals surface area (Å²) in [6.07, 6.45) is 8.51. The predicted octanol–water partition coefficient (Wildman–Crippen LogP) is 3.58. The van der Waals surface area contributed by atoms with E-state index in [1.54, 1.807) is 0 Å². The van der Waals surface area contributed by atoms with Crippen LogP contribution < -0.4 is 0 Å². The zero-order valence-electron chi connectivity index (χ0n) is 12.7. The zero-order valence-corrected chi connectivity index (χ0v) is 12.7. The van der Waals surface area contributed by atoms with E-state index in [2.05, 4.69) is 13.2 Å². The molecular weight excluding hydrogens is 252 g/mol. The summed E-state index contributed by atoms with van der Waals surface area (Å²) in [6.45, 7) is 11.7. The summed E-state index contributed by atoms with van der Waals surface area (Å²) in [5.74, 6) is 0.238. The molecule has 2 saturated heterocycles. The van der Waals surface area contributed by atoms with Crippen molar-refractivity contribution in [3.8, 4) is 0 Å². The summed E-state index contributed by atoms with van der Waals surface area (Å²) in [7, 11) is 0. The van der Waals surface area contributed by atoms with Crippen LogP contribution in [0.5, 0.6) is 0 Å². The maximum atomic E-state index is 12.1. The molecule has 112 valence electrons. The van der Waals surface area contributed by atoms with Crippen LogP contribution in [0.25, 0.3) is 0 Å². The normalized spacial score (nSPS) is 40.7. The summed E-state index contributed by atoms with van der Waals surface area (Å²) < 4.78 is 11.8. The van der Waals surface area contributed by atoms with E-state index in [1.807, 2.05) is 26.0 Å². The molecule has 3 heteroatoms. The fourth-order valence-electron chi connectivity index (χ4n) is 3.07. The molecule has 0 radical (unpaired) electrons. The fraction of sp³-hybridized carbons (Fsp3) is 0.706. The lowest BCUT2D eigenvalue weighted by Gasteiger charge is -2.21. The first-order valence-corrected chi connectivity index (χ1v) is 7.52. The monoisotopic (exact) mass is 278 g/mol. The van der Waals surface area contributed by atoms with Gasteiger partial charge in [0.25, 0.3) is 0 Å². The van der Waals surface area contributed by atoms with Gasteiger partial charge in [0.1, 0.15) is 5.78 Å². The molecular formula is C17H26O3. The minimum atomic E-state index is -0.254. The number of carbonyl (C=O) groups is 1. The van der Waals surface area contributed by atoms with Crippen molar-refractivity contribution in [1.29, 1.82) is 0 Å². The minimum Gasteiger partial charge on any atom is -0.368 e. The molecule has 0 aromatic carbocycles. The second-order valence-electron chi connectivity index (χ2n) is 6.54. The van der Waals surface area contributed by atoms with E-state index in [0.717, 1.165) is 25.7 Å². The van der Waals surface area contributed by atoms with Crippen LogP contribution in [0, 0.1) is 0 Å². The smallest absolute Gasteiger partial charge is 0.138 e. The number of Topliss-reactive ketones (excluding diaryl/α,β-unsaturated/α-hetero) is 1. The van der Waals surface area contributed by atoms with Crippen LogP contribution >= 0.6 is 0 Å². The maximum absolute atomic E-state index is 12.1. The van der Waals surface area contributed by atoms with Gasteiger partial charge in [0, 0.05) is 12.8 Å². The summed E-state index contributed by atoms with van der Waals surface area (Å²) in [5.41, 5.74) is -0.508. The third kappa shape index (κ3) is 3.58. The van der Waals surface area contributed by atoms with Gasteiger partial charge >= 0.3 is 0 Å². The van der Waals surface area contributed by atoms with E-state index < -0.39 is 0 Å². The predicted molar refractivity (Wildman–Crippen MR) is 79.7 cm³/mol. The van der Waals surface area contributed by atoms with Gasteiger partial charge in [-0.05, 0) is 39.5 Å². The van der Waals surface area contributed by atoms with Crippen LogP contribution in [0.2, 0.25) is 0 Å². The Morgan fingerprint density at radius 2 is 1.45 bits per heavy atom. The molecule has 0 aromatic heterocycles. The molecule has 0 spiro atoms. The average molecular weight is 278 g/mol. The van der Waals surface area contributed by atoms with Crippen LogP contribution in [-0.4, -0.2) is 29.2 Å². The van der Waals surface area contributed by atoms with E-state index in [4.69, 9.17) is 9.47 Å². The molecule has 0 N–H and O–H groups in total. The Morgan fingerprint density at radius 3 is 1.75 bits per heavy atom. The van der Waals surface area contributed by atoms with Crippen molar-refractivity contribution >= 4 is 5.78 Å². The first kappa shape index (κ1) is 15.5.